The van der Waals surface area contributed by atoms with Crippen LogP contribution in [0.1, 0.15) is 44.4 Å². The van der Waals surface area contributed by atoms with E-state index in [1.54, 1.807) is 18.2 Å². The van der Waals surface area contributed by atoms with E-state index in [0.717, 1.165) is 44.2 Å². The predicted molar refractivity (Wildman–Crippen MR) is 108 cm³/mol. The van der Waals surface area contributed by atoms with Crippen LogP contribution in [0.3, 0.4) is 0 Å². The van der Waals surface area contributed by atoms with Gasteiger partial charge in [-0.1, -0.05) is 0 Å². The van der Waals surface area contributed by atoms with Gasteiger partial charge in [-0.15, -0.1) is 0 Å². The zero-order valence-electron chi connectivity index (χ0n) is 17.0. The van der Waals surface area contributed by atoms with Crippen LogP contribution in [-0.4, -0.2) is 74.3 Å². The highest BCUT2D eigenvalue weighted by Gasteiger charge is 2.27. The highest BCUT2D eigenvalue weighted by molar-refractivity contribution is 5.80. The molecule has 1 unspecified atom stereocenters. The molecule has 2 fully saturated rings. The van der Waals surface area contributed by atoms with Gasteiger partial charge in [-0.25, -0.2) is 4.79 Å². The molecule has 0 radical (unpaired) electrons. The summed E-state index contributed by atoms with van der Waals surface area (Å²) in [5.41, 5.74) is 0. The average Bonchev–Trinajstić information content (AvgIpc) is 3.43. The third kappa shape index (κ3) is 5.41. The van der Waals surface area contributed by atoms with Crippen molar-refractivity contribution in [1.29, 1.82) is 0 Å². The first-order valence-corrected chi connectivity index (χ1v) is 10.4. The van der Waals surface area contributed by atoms with Crippen molar-refractivity contribution < 1.29 is 13.9 Å². The van der Waals surface area contributed by atoms with Crippen molar-refractivity contribution in [2.24, 2.45) is 4.99 Å². The van der Waals surface area contributed by atoms with E-state index in [1.807, 2.05) is 19.1 Å². The van der Waals surface area contributed by atoms with Gasteiger partial charge in [-0.2, -0.15) is 0 Å². The first-order chi connectivity index (χ1) is 13.7. The molecule has 2 saturated heterocycles. The fourth-order valence-electron chi connectivity index (χ4n) is 3.95. The maximum absolute atomic E-state index is 11.8. The minimum Gasteiger partial charge on any atom is -0.468 e. The Hall–Kier alpha value is -2.22. The van der Waals surface area contributed by atoms with Crippen LogP contribution in [-0.2, 0) is 4.74 Å². The number of hydrogen-bond acceptors (Lipinski definition) is 5. The van der Waals surface area contributed by atoms with Gasteiger partial charge in [0, 0.05) is 32.7 Å². The molecule has 0 aromatic carbocycles. The van der Waals surface area contributed by atoms with Crippen LogP contribution in [0.15, 0.2) is 27.8 Å². The Labute approximate surface area is 167 Å². The second kappa shape index (κ2) is 10.4. The summed E-state index contributed by atoms with van der Waals surface area (Å²) < 4.78 is 10.8. The topological polar surface area (TPSA) is 82.3 Å². The lowest BCUT2D eigenvalue weighted by Gasteiger charge is -2.33. The Morgan fingerprint density at radius 2 is 2.07 bits per heavy atom. The first kappa shape index (κ1) is 20.5. The molecule has 0 spiro atoms. The highest BCUT2D eigenvalue weighted by atomic mass is 16.6. The summed E-state index contributed by atoms with van der Waals surface area (Å²) in [5, 5.41) is 6.97. The molecule has 3 heterocycles. The molecule has 1 aromatic heterocycles. The molecule has 156 valence electrons. The van der Waals surface area contributed by atoms with Crippen molar-refractivity contribution in [3.05, 3.63) is 24.2 Å². The molecule has 1 amide bonds. The van der Waals surface area contributed by atoms with Gasteiger partial charge in [0.05, 0.1) is 18.9 Å². The third-order valence-corrected chi connectivity index (χ3v) is 5.50. The molecule has 2 N–H and O–H groups in total. The van der Waals surface area contributed by atoms with Crippen LogP contribution in [0, 0.1) is 0 Å². The molecule has 3 rings (SSSR count). The molecule has 0 saturated carbocycles. The number of nitrogens with zero attached hydrogens (tertiary/aromatic N) is 3. The van der Waals surface area contributed by atoms with E-state index < -0.39 is 0 Å². The van der Waals surface area contributed by atoms with Crippen molar-refractivity contribution in [2.45, 2.75) is 44.7 Å². The minimum absolute atomic E-state index is 0.210. The first-order valence-electron chi connectivity index (χ1n) is 10.4. The highest BCUT2D eigenvalue weighted by Crippen LogP contribution is 2.24. The Morgan fingerprint density at radius 1 is 1.32 bits per heavy atom. The molecule has 0 aliphatic carbocycles. The molecule has 28 heavy (non-hydrogen) atoms. The van der Waals surface area contributed by atoms with E-state index >= 15 is 0 Å². The van der Waals surface area contributed by atoms with Crippen molar-refractivity contribution in [2.75, 3.05) is 46.4 Å². The SMILES string of the molecule is CCOC(=O)N1CCC(NC(=NC)NCC(c2ccco2)N2CCCC2)CC1. The largest absolute Gasteiger partial charge is 0.468 e. The van der Waals surface area contributed by atoms with Crippen molar-refractivity contribution in [3.63, 3.8) is 0 Å². The molecule has 2 aliphatic rings. The number of furan rings is 1. The van der Waals surface area contributed by atoms with Crippen LogP contribution in [0.5, 0.6) is 0 Å². The summed E-state index contributed by atoms with van der Waals surface area (Å²) in [6, 6.07) is 4.50. The van der Waals surface area contributed by atoms with Gasteiger partial charge in [0.15, 0.2) is 5.96 Å². The standard InChI is InChI=1S/C20H33N5O3/c1-3-27-20(26)25-12-8-16(9-13-25)23-19(21-2)22-15-17(18-7-6-14-28-18)24-10-4-5-11-24/h6-7,14,16-17H,3-5,8-13,15H2,1-2H3,(H2,21,22,23). The summed E-state index contributed by atoms with van der Waals surface area (Å²) >= 11 is 0. The number of ether oxygens (including phenoxy) is 1. The van der Waals surface area contributed by atoms with E-state index in [9.17, 15) is 4.79 Å². The van der Waals surface area contributed by atoms with Gasteiger partial charge in [0.1, 0.15) is 5.76 Å². The zero-order chi connectivity index (χ0) is 19.8. The van der Waals surface area contributed by atoms with E-state index in [-0.39, 0.29) is 12.1 Å². The predicted octanol–water partition coefficient (Wildman–Crippen LogP) is 2.20. The number of hydrogen-bond donors (Lipinski definition) is 2. The lowest BCUT2D eigenvalue weighted by Crippen LogP contribution is -2.51. The monoisotopic (exact) mass is 391 g/mol. The number of aliphatic imine (C=N–C) groups is 1. The molecule has 8 heteroatoms. The minimum atomic E-state index is -0.213. The number of nitrogens with one attached hydrogen (secondary N) is 2. The lowest BCUT2D eigenvalue weighted by molar-refractivity contribution is 0.0963. The number of amides is 1. The van der Waals surface area contributed by atoms with Gasteiger partial charge in [0.2, 0.25) is 0 Å². The van der Waals surface area contributed by atoms with Crippen LogP contribution in [0.4, 0.5) is 4.79 Å². The second-order valence-electron chi connectivity index (χ2n) is 7.33. The maximum Gasteiger partial charge on any atom is 0.409 e. The maximum atomic E-state index is 11.8. The number of guanidine groups is 1. The molecule has 0 bridgehead atoms. The van der Waals surface area contributed by atoms with Gasteiger partial charge in [0.25, 0.3) is 0 Å². The molecule has 1 atom stereocenters. The van der Waals surface area contributed by atoms with Crippen LogP contribution >= 0.6 is 0 Å². The third-order valence-electron chi connectivity index (χ3n) is 5.50. The number of carbonyl (C=O) groups is 1. The molecule has 8 nitrogen and oxygen atoms in total. The quantitative estimate of drug-likeness (QED) is 0.571. The number of likely N-dealkylation sites (tertiary alicyclic amines) is 2. The Morgan fingerprint density at radius 3 is 2.68 bits per heavy atom. The van der Waals surface area contributed by atoms with Crippen LogP contribution in [0.25, 0.3) is 0 Å². The zero-order valence-corrected chi connectivity index (χ0v) is 17.0. The van der Waals surface area contributed by atoms with Crippen LogP contribution < -0.4 is 10.6 Å². The van der Waals surface area contributed by atoms with Gasteiger partial charge < -0.3 is 24.7 Å². The molecule has 1 aromatic rings. The summed E-state index contributed by atoms with van der Waals surface area (Å²) in [7, 11) is 1.79. The van der Waals surface area contributed by atoms with Crippen molar-refractivity contribution in [3.8, 4) is 0 Å². The summed E-state index contributed by atoms with van der Waals surface area (Å²) in [4.78, 5) is 20.5. The Balaban J connectivity index is 1.48. The fourth-order valence-corrected chi connectivity index (χ4v) is 3.95. The van der Waals surface area contributed by atoms with Crippen molar-refractivity contribution in [1.82, 2.24) is 20.4 Å². The lowest BCUT2D eigenvalue weighted by atomic mass is 10.1. The number of piperidine rings is 1. The van der Waals surface area contributed by atoms with Crippen LogP contribution in [0.2, 0.25) is 0 Å². The summed E-state index contributed by atoms with van der Waals surface area (Å²) in [6.07, 6.45) is 5.77. The van der Waals surface area contributed by atoms with Crippen molar-refractivity contribution >= 4 is 12.1 Å². The van der Waals surface area contributed by atoms with E-state index in [1.165, 1.54) is 12.8 Å². The number of rotatable bonds is 6. The number of carbonyl (C=O) groups excluding carboxylic acids is 1. The second-order valence-corrected chi connectivity index (χ2v) is 7.33. The van der Waals surface area contributed by atoms with E-state index in [2.05, 4.69) is 20.5 Å². The van der Waals surface area contributed by atoms with Gasteiger partial charge >= 0.3 is 6.09 Å². The summed E-state index contributed by atoms with van der Waals surface area (Å²) in [5.74, 6) is 1.79. The van der Waals surface area contributed by atoms with E-state index in [0.29, 0.717) is 25.7 Å². The summed E-state index contributed by atoms with van der Waals surface area (Å²) in [6.45, 7) is 6.61. The van der Waals surface area contributed by atoms with E-state index in [4.69, 9.17) is 9.15 Å². The molecular formula is C20H33N5O3. The van der Waals surface area contributed by atoms with Gasteiger partial charge in [-0.3, -0.25) is 9.89 Å². The normalized spacial score (nSPS) is 20.2. The Kier molecular flexibility index (Phi) is 7.59. The fraction of sp³-hybridized carbons (Fsp3) is 0.700. The average molecular weight is 392 g/mol. The molecular weight excluding hydrogens is 358 g/mol. The van der Waals surface area contributed by atoms with Gasteiger partial charge in [-0.05, 0) is 57.8 Å². The smallest absolute Gasteiger partial charge is 0.409 e. The molecule has 2 aliphatic heterocycles. The Bertz CT molecular complexity index is 620.